The zero-order valence-corrected chi connectivity index (χ0v) is 19.5. The molecule has 6 nitrogen and oxygen atoms in total. The van der Waals surface area contributed by atoms with Gasteiger partial charge in [-0.25, -0.2) is 13.4 Å². The highest BCUT2D eigenvalue weighted by molar-refractivity contribution is 7.93. The highest BCUT2D eigenvalue weighted by Crippen LogP contribution is 2.20. The van der Waals surface area contributed by atoms with Gasteiger partial charge in [0.25, 0.3) is 0 Å². The Morgan fingerprint density at radius 3 is 1.94 bits per heavy atom. The lowest BCUT2D eigenvalue weighted by atomic mass is 10.1. The number of carbonyl (C=O) groups excluding carboxylic acids is 2. The molecule has 0 aliphatic carbocycles. The molecule has 0 aliphatic heterocycles. The van der Waals surface area contributed by atoms with Crippen molar-refractivity contribution in [3.63, 3.8) is 0 Å². The maximum Gasteiger partial charge on any atom is 0.343 e. The van der Waals surface area contributed by atoms with Gasteiger partial charge in [-0.3, -0.25) is 4.79 Å². The molecule has 0 fully saturated rings. The normalized spacial score (nSPS) is 12.8. The summed E-state index contributed by atoms with van der Waals surface area (Å²) in [5.41, 5.74) is 0.328. The number of nitriles is 1. The molecule has 0 heterocycles. The Labute approximate surface area is 201 Å². The average Bonchev–Trinajstić information content (AvgIpc) is 2.80. The van der Waals surface area contributed by atoms with Crippen molar-refractivity contribution in [3.8, 4) is 11.8 Å². The number of carbonyl (C=O) groups is 2. The van der Waals surface area contributed by atoms with Crippen LogP contribution < -0.4 is 4.74 Å². The van der Waals surface area contributed by atoms with Crippen molar-refractivity contribution in [2.45, 2.75) is 4.90 Å². The van der Waals surface area contributed by atoms with E-state index < -0.39 is 21.5 Å². The van der Waals surface area contributed by atoms with Crippen molar-refractivity contribution in [2.24, 2.45) is 4.36 Å². The van der Waals surface area contributed by atoms with Crippen LogP contribution in [-0.2, 0) is 9.73 Å². The molecule has 0 aromatic heterocycles. The van der Waals surface area contributed by atoms with Gasteiger partial charge >= 0.3 is 5.97 Å². The highest BCUT2D eigenvalue weighted by Gasteiger charge is 2.14. The largest absolute Gasteiger partial charge is 0.423 e. The van der Waals surface area contributed by atoms with Crippen LogP contribution in [0.2, 0.25) is 10.0 Å². The predicted octanol–water partition coefficient (Wildman–Crippen LogP) is 5.96. The second-order valence-corrected chi connectivity index (χ2v) is 9.93. The molecule has 0 saturated heterocycles. The number of benzene rings is 3. The molecular weight excluding hydrogens is 483 g/mol. The van der Waals surface area contributed by atoms with Crippen molar-refractivity contribution < 1.29 is 18.5 Å². The average molecular weight is 499 g/mol. The van der Waals surface area contributed by atoms with Gasteiger partial charge < -0.3 is 4.74 Å². The number of ketones is 1. The first-order valence-electron chi connectivity index (χ1n) is 9.39. The lowest BCUT2D eigenvalue weighted by Gasteiger charge is -2.07. The molecule has 0 saturated carbocycles. The summed E-state index contributed by atoms with van der Waals surface area (Å²) in [7, 11) is -2.97. The molecule has 0 bridgehead atoms. The van der Waals surface area contributed by atoms with Crippen LogP contribution in [0, 0.1) is 11.3 Å². The van der Waals surface area contributed by atoms with Crippen LogP contribution in [0.4, 0.5) is 0 Å². The lowest BCUT2D eigenvalue weighted by Crippen LogP contribution is -2.08. The summed E-state index contributed by atoms with van der Waals surface area (Å²) in [5.74, 6) is -0.874. The molecule has 166 valence electrons. The molecule has 3 rings (SSSR count). The molecule has 9 heteroatoms. The van der Waals surface area contributed by atoms with E-state index in [1.54, 1.807) is 30.3 Å². The maximum atomic E-state index is 13.0. The van der Waals surface area contributed by atoms with Gasteiger partial charge in [-0.15, -0.1) is 0 Å². The minimum atomic E-state index is -2.97. The van der Waals surface area contributed by atoms with E-state index in [0.29, 0.717) is 20.5 Å². The first-order valence-corrected chi connectivity index (χ1v) is 12.1. The Morgan fingerprint density at radius 1 is 0.909 bits per heavy atom. The van der Waals surface area contributed by atoms with Crippen LogP contribution in [0.1, 0.15) is 20.7 Å². The number of hydrogen-bond acceptors (Lipinski definition) is 6. The van der Waals surface area contributed by atoms with Crippen molar-refractivity contribution in [1.29, 1.82) is 5.26 Å². The monoisotopic (exact) mass is 498 g/mol. The minimum absolute atomic E-state index is 0.250. The molecule has 33 heavy (non-hydrogen) atoms. The van der Waals surface area contributed by atoms with Crippen LogP contribution >= 0.6 is 23.2 Å². The third kappa shape index (κ3) is 6.30. The van der Waals surface area contributed by atoms with E-state index in [-0.39, 0.29) is 16.9 Å². The van der Waals surface area contributed by atoms with E-state index in [2.05, 4.69) is 4.36 Å². The van der Waals surface area contributed by atoms with Crippen LogP contribution in [0.25, 0.3) is 0 Å². The van der Waals surface area contributed by atoms with Crippen molar-refractivity contribution in [1.82, 2.24) is 0 Å². The van der Waals surface area contributed by atoms with Gasteiger partial charge in [-0.1, -0.05) is 23.2 Å². The van der Waals surface area contributed by atoms with Gasteiger partial charge in [0, 0.05) is 26.8 Å². The van der Waals surface area contributed by atoms with Gasteiger partial charge in [0.2, 0.25) is 5.78 Å². The van der Waals surface area contributed by atoms with Crippen molar-refractivity contribution >= 4 is 44.7 Å². The third-order valence-electron chi connectivity index (χ3n) is 4.41. The number of hydrogen-bond donors (Lipinski definition) is 0. The minimum Gasteiger partial charge on any atom is -0.423 e. The summed E-state index contributed by atoms with van der Waals surface area (Å²) < 4.78 is 22.3. The van der Waals surface area contributed by atoms with Gasteiger partial charge in [0.1, 0.15) is 17.4 Å². The molecule has 1 atom stereocenters. The molecule has 0 aliphatic rings. The summed E-state index contributed by atoms with van der Waals surface area (Å²) in [4.78, 5) is 25.0. The number of ether oxygens (including phenoxy) is 1. The number of esters is 1. The molecule has 1 unspecified atom stereocenters. The second kappa shape index (κ2) is 10.5. The molecule has 0 radical (unpaired) electrons. The fourth-order valence-corrected chi connectivity index (χ4v) is 3.94. The predicted molar refractivity (Wildman–Crippen MR) is 127 cm³/mol. The van der Waals surface area contributed by atoms with Crippen LogP contribution in [0.15, 0.2) is 93.8 Å². The van der Waals surface area contributed by atoms with E-state index in [0.717, 1.165) is 6.20 Å². The van der Waals surface area contributed by atoms with Gasteiger partial charge in [0.15, 0.2) is 0 Å². The summed E-state index contributed by atoms with van der Waals surface area (Å²) >= 11 is 11.6. The molecule has 0 N–H and O–H groups in total. The number of halogens is 2. The zero-order valence-electron chi connectivity index (χ0n) is 17.2. The number of rotatable bonds is 6. The highest BCUT2D eigenvalue weighted by atomic mass is 35.5. The summed E-state index contributed by atoms with van der Waals surface area (Å²) in [6.07, 6.45) is 2.38. The fraction of sp³-hybridized carbons (Fsp3) is 0.0417. The number of nitrogens with zero attached hydrogens (tertiary/aromatic N) is 2. The van der Waals surface area contributed by atoms with E-state index in [1.807, 2.05) is 0 Å². The smallest absolute Gasteiger partial charge is 0.343 e. The third-order valence-corrected chi connectivity index (χ3v) is 6.56. The Balaban J connectivity index is 1.78. The van der Waals surface area contributed by atoms with E-state index in [1.165, 1.54) is 54.8 Å². The van der Waals surface area contributed by atoms with Crippen LogP contribution in [0.3, 0.4) is 0 Å². The molecule has 0 amide bonds. The second-order valence-electron chi connectivity index (χ2n) is 6.77. The molecule has 0 spiro atoms. The van der Waals surface area contributed by atoms with Crippen molar-refractivity contribution in [2.75, 3.05) is 6.26 Å². The van der Waals surface area contributed by atoms with Gasteiger partial charge in [0.05, 0.1) is 21.5 Å². The molecular formula is C24H16Cl2N2O4S. The number of allylic oxidation sites excluding steroid dienone is 1. The van der Waals surface area contributed by atoms with E-state index in [9.17, 15) is 19.1 Å². The van der Waals surface area contributed by atoms with Gasteiger partial charge in [-0.2, -0.15) is 5.26 Å². The number of Topliss-reactive ketones (excluding diaryl/α,β-unsaturated/α-hetero) is 1. The Hall–Kier alpha value is -3.44. The summed E-state index contributed by atoms with van der Waals surface area (Å²) in [5, 5.41) is 10.3. The first kappa shape index (κ1) is 24.2. The van der Waals surface area contributed by atoms with E-state index >= 15 is 0 Å². The van der Waals surface area contributed by atoms with E-state index in [4.69, 9.17) is 27.9 Å². The lowest BCUT2D eigenvalue weighted by molar-refractivity contribution is 0.0734. The standard InChI is InChI=1S/C24H16Cl2N2O4S/c1-33(31,28-15-18(14-27)23(29)16-2-6-19(25)7-3-16)22-12-10-21(11-13-22)32-24(30)17-4-8-20(26)9-5-17/h2-13,15H,1H3. The fourth-order valence-electron chi connectivity index (χ4n) is 2.62. The zero-order chi connectivity index (χ0) is 24.0. The first-order chi connectivity index (χ1) is 15.7. The SMILES string of the molecule is CS(=O)(=NC=C(C#N)C(=O)c1ccc(Cl)cc1)c1ccc(OC(=O)c2ccc(Cl)cc2)cc1. The Bertz CT molecular complexity index is 1380. The molecule has 3 aromatic carbocycles. The Morgan fingerprint density at radius 2 is 1.42 bits per heavy atom. The summed E-state index contributed by atoms with van der Waals surface area (Å²) in [6, 6.07) is 20.0. The van der Waals surface area contributed by atoms with Gasteiger partial charge in [-0.05, 0) is 72.8 Å². The van der Waals surface area contributed by atoms with Crippen LogP contribution in [0.5, 0.6) is 5.75 Å². The molecule has 3 aromatic rings. The maximum absolute atomic E-state index is 13.0. The Kier molecular flexibility index (Phi) is 7.67. The quantitative estimate of drug-likeness (QED) is 0.137. The van der Waals surface area contributed by atoms with Crippen LogP contribution in [-0.4, -0.2) is 22.2 Å². The summed E-state index contributed by atoms with van der Waals surface area (Å²) in [6.45, 7) is 0. The topological polar surface area (TPSA) is 96.6 Å². The van der Waals surface area contributed by atoms with Crippen molar-refractivity contribution in [3.05, 3.63) is 106 Å².